The molecule has 1 aliphatic heterocycles. The van der Waals surface area contributed by atoms with Crippen molar-refractivity contribution in [1.82, 2.24) is 19.7 Å². The lowest BCUT2D eigenvalue weighted by Crippen LogP contribution is -2.47. The summed E-state index contributed by atoms with van der Waals surface area (Å²) >= 11 is 0. The molecule has 0 spiro atoms. The summed E-state index contributed by atoms with van der Waals surface area (Å²) in [4.78, 5) is 13.5. The lowest BCUT2D eigenvalue weighted by atomic mass is 10.2. The van der Waals surface area contributed by atoms with Crippen LogP contribution < -0.4 is 20.0 Å². The Bertz CT molecular complexity index is 1190. The Hall–Kier alpha value is -3.85. The molecular formula is C22H22N7O2-. The van der Waals surface area contributed by atoms with E-state index >= 15 is 0 Å². The third-order valence-corrected chi connectivity index (χ3v) is 5.56. The second kappa shape index (κ2) is 8.11. The molecule has 2 aromatic carbocycles. The van der Waals surface area contributed by atoms with Crippen LogP contribution in [0, 0.1) is 5.21 Å². The maximum absolute atomic E-state index is 11.1. The van der Waals surface area contributed by atoms with E-state index < -0.39 is 0 Å². The summed E-state index contributed by atoms with van der Waals surface area (Å²) in [6.45, 7) is 3.11. The van der Waals surface area contributed by atoms with Crippen LogP contribution in [-0.4, -0.2) is 53.0 Å². The summed E-state index contributed by atoms with van der Waals surface area (Å²) in [5, 5.41) is 16.6. The van der Waals surface area contributed by atoms with Gasteiger partial charge in [-0.1, -0.05) is 18.2 Å². The maximum atomic E-state index is 11.1. The highest BCUT2D eigenvalue weighted by atomic mass is 16.5. The zero-order valence-corrected chi connectivity index (χ0v) is 17.1. The van der Waals surface area contributed by atoms with Crippen LogP contribution in [-0.2, 0) is 0 Å². The number of benzene rings is 2. The average Bonchev–Trinajstić information content (AvgIpc) is 3.29. The van der Waals surface area contributed by atoms with Gasteiger partial charge >= 0.3 is 0 Å². The van der Waals surface area contributed by atoms with Gasteiger partial charge in [-0.25, -0.2) is 14.6 Å². The van der Waals surface area contributed by atoms with Crippen molar-refractivity contribution in [3.63, 3.8) is 0 Å². The quantitative estimate of drug-likeness (QED) is 0.496. The van der Waals surface area contributed by atoms with E-state index in [4.69, 9.17) is 4.74 Å². The Morgan fingerprint density at radius 1 is 0.968 bits per heavy atom. The van der Waals surface area contributed by atoms with E-state index in [0.717, 1.165) is 60.2 Å². The number of piperazine rings is 1. The monoisotopic (exact) mass is 416 g/mol. The largest absolute Gasteiger partial charge is 0.761 e. The molecule has 4 aromatic rings. The fraction of sp³-hybridized carbons (Fsp3) is 0.227. The zero-order chi connectivity index (χ0) is 21.2. The molecule has 0 bridgehead atoms. The summed E-state index contributed by atoms with van der Waals surface area (Å²) in [5.41, 5.74) is 5.14. The van der Waals surface area contributed by atoms with E-state index in [2.05, 4.69) is 24.9 Å². The smallest absolute Gasteiger partial charge is 0.168 e. The molecule has 0 atom stereocenters. The Kier molecular flexibility index (Phi) is 5.01. The van der Waals surface area contributed by atoms with Crippen molar-refractivity contribution in [1.29, 1.82) is 0 Å². The van der Waals surface area contributed by atoms with Crippen LogP contribution in [0.3, 0.4) is 0 Å². The second-order valence-corrected chi connectivity index (χ2v) is 7.29. The Morgan fingerprint density at radius 2 is 1.74 bits per heavy atom. The molecule has 31 heavy (non-hydrogen) atoms. The van der Waals surface area contributed by atoms with Crippen LogP contribution in [0.25, 0.3) is 16.7 Å². The first-order valence-corrected chi connectivity index (χ1v) is 10.1. The number of hydrogen-bond donors (Lipinski definition) is 1. The van der Waals surface area contributed by atoms with Crippen molar-refractivity contribution in [3.8, 4) is 11.4 Å². The van der Waals surface area contributed by atoms with Crippen molar-refractivity contribution in [2.45, 2.75) is 0 Å². The first kappa shape index (κ1) is 19.1. The van der Waals surface area contributed by atoms with Gasteiger partial charge < -0.3 is 25.2 Å². The number of hydrogen-bond acceptors (Lipinski definition) is 8. The Morgan fingerprint density at radius 3 is 2.48 bits per heavy atom. The normalized spacial score (nSPS) is 14.1. The number of nitrogens with one attached hydrogen (secondary N) is 1. The predicted molar refractivity (Wildman–Crippen MR) is 121 cm³/mol. The zero-order valence-electron chi connectivity index (χ0n) is 17.1. The van der Waals surface area contributed by atoms with Crippen molar-refractivity contribution in [3.05, 3.63) is 66.3 Å². The first-order valence-electron chi connectivity index (χ1n) is 10.1. The number of aromatic nitrogens is 4. The van der Waals surface area contributed by atoms with Gasteiger partial charge in [0.15, 0.2) is 5.65 Å². The third kappa shape index (κ3) is 3.49. The van der Waals surface area contributed by atoms with Crippen molar-refractivity contribution >= 4 is 28.2 Å². The standard InChI is InChI=1S/C22H22N7O2/c1-31-20-8-7-16(26-30)13-19(20)27-9-11-28(12-10-27)21-18-14-25-29(22(18)24-15-23-21)17-5-3-2-4-6-17/h2-8,13-15,26H,9-12H2,1H3/q-1. The maximum Gasteiger partial charge on any atom is 0.168 e. The highest BCUT2D eigenvalue weighted by Crippen LogP contribution is 2.33. The van der Waals surface area contributed by atoms with Crippen LogP contribution in [0.15, 0.2) is 61.1 Å². The number of ether oxygens (including phenoxy) is 1. The van der Waals surface area contributed by atoms with Crippen molar-refractivity contribution in [2.24, 2.45) is 0 Å². The number of anilines is 3. The van der Waals surface area contributed by atoms with E-state index in [0.29, 0.717) is 5.69 Å². The van der Waals surface area contributed by atoms with Crippen LogP contribution in [0.5, 0.6) is 5.75 Å². The Labute approximate surface area is 179 Å². The minimum atomic E-state index is 0.518. The van der Waals surface area contributed by atoms with E-state index in [1.807, 2.05) is 58.8 Å². The number of nitrogens with zero attached hydrogens (tertiary/aromatic N) is 6. The van der Waals surface area contributed by atoms with Gasteiger partial charge in [0.05, 0.1) is 30.1 Å². The molecule has 0 unspecified atom stereocenters. The fourth-order valence-electron chi connectivity index (χ4n) is 4.00. The molecule has 3 heterocycles. The van der Waals surface area contributed by atoms with Gasteiger partial charge in [0, 0.05) is 31.9 Å². The number of para-hydroxylation sites is 1. The van der Waals surface area contributed by atoms with Crippen molar-refractivity contribution < 1.29 is 4.74 Å². The van der Waals surface area contributed by atoms with Crippen LogP contribution in [0.4, 0.5) is 17.2 Å². The second-order valence-electron chi connectivity index (χ2n) is 7.29. The lowest BCUT2D eigenvalue weighted by molar-refractivity contribution is 0.413. The van der Waals surface area contributed by atoms with E-state index in [1.165, 1.54) is 0 Å². The SMILES string of the molecule is COc1ccc(N[O-])cc1N1CCN(c2ncnc3c2cnn3-c2ccccc2)CC1. The van der Waals surface area contributed by atoms with Gasteiger partial charge in [0.25, 0.3) is 0 Å². The van der Waals surface area contributed by atoms with Crippen LogP contribution in [0.2, 0.25) is 0 Å². The Balaban J connectivity index is 1.40. The highest BCUT2D eigenvalue weighted by Gasteiger charge is 2.23. The summed E-state index contributed by atoms with van der Waals surface area (Å²) in [7, 11) is 1.64. The van der Waals surface area contributed by atoms with Gasteiger partial charge in [-0.15, -0.1) is 0 Å². The van der Waals surface area contributed by atoms with E-state index in [9.17, 15) is 5.21 Å². The van der Waals surface area contributed by atoms with Gasteiger partial charge in [-0.2, -0.15) is 5.10 Å². The molecule has 1 saturated heterocycles. The molecule has 9 nitrogen and oxygen atoms in total. The summed E-state index contributed by atoms with van der Waals surface area (Å²) in [6.07, 6.45) is 3.42. The molecule has 1 fully saturated rings. The van der Waals surface area contributed by atoms with Gasteiger partial charge in [0.1, 0.15) is 17.9 Å². The predicted octanol–water partition coefficient (Wildman–Crippen LogP) is 3.06. The van der Waals surface area contributed by atoms with Crippen molar-refractivity contribution in [2.75, 3.05) is 48.6 Å². The molecule has 0 radical (unpaired) electrons. The number of fused-ring (bicyclic) bond motifs is 1. The summed E-state index contributed by atoms with van der Waals surface area (Å²) in [6, 6.07) is 15.3. The van der Waals surface area contributed by atoms with E-state index in [-0.39, 0.29) is 0 Å². The first-order chi connectivity index (χ1) is 15.3. The summed E-state index contributed by atoms with van der Waals surface area (Å²) in [5.74, 6) is 1.63. The minimum Gasteiger partial charge on any atom is -0.761 e. The molecule has 1 aliphatic rings. The molecule has 5 rings (SSSR count). The molecular weight excluding hydrogens is 394 g/mol. The fourth-order valence-corrected chi connectivity index (χ4v) is 4.00. The van der Waals surface area contributed by atoms with Crippen LogP contribution in [0.1, 0.15) is 0 Å². The number of rotatable bonds is 5. The topological polar surface area (TPSA) is 94.4 Å². The third-order valence-electron chi connectivity index (χ3n) is 5.56. The molecule has 0 aliphatic carbocycles. The van der Waals surface area contributed by atoms with Gasteiger partial charge in [-0.05, 0) is 30.3 Å². The number of methoxy groups -OCH3 is 1. The van der Waals surface area contributed by atoms with E-state index in [1.54, 1.807) is 19.5 Å². The molecule has 0 saturated carbocycles. The van der Waals surface area contributed by atoms with Crippen LogP contribution >= 0.6 is 0 Å². The molecule has 1 N–H and O–H groups in total. The van der Waals surface area contributed by atoms with Gasteiger partial charge in [0.2, 0.25) is 0 Å². The average molecular weight is 416 g/mol. The molecule has 9 heteroatoms. The lowest BCUT2D eigenvalue weighted by Gasteiger charge is -2.37. The molecule has 2 aromatic heterocycles. The molecule has 0 amide bonds. The minimum absolute atomic E-state index is 0.518. The highest BCUT2D eigenvalue weighted by molar-refractivity contribution is 5.87. The van der Waals surface area contributed by atoms with Gasteiger partial charge in [-0.3, -0.25) is 0 Å². The summed E-state index contributed by atoms with van der Waals surface area (Å²) < 4.78 is 7.33. The molecule has 158 valence electrons.